The molecule has 3 saturated carbocycles. The number of carbonyl (C=O) groups is 2. The fourth-order valence-corrected chi connectivity index (χ4v) is 8.65. The lowest BCUT2D eigenvalue weighted by Gasteiger charge is -2.61. The second-order valence-corrected chi connectivity index (χ2v) is 15.4. The van der Waals surface area contributed by atoms with Crippen molar-refractivity contribution in [3.8, 4) is 22.5 Å². The van der Waals surface area contributed by atoms with Gasteiger partial charge in [0.2, 0.25) is 15.7 Å². The number of hydrogen-bond acceptors (Lipinski definition) is 8. The van der Waals surface area contributed by atoms with Gasteiger partial charge < -0.3 is 15.1 Å². The Labute approximate surface area is 246 Å². The van der Waals surface area contributed by atoms with Gasteiger partial charge in [0.25, 0.3) is 11.8 Å². The molecule has 2 bridgehead atoms. The molecule has 3 N–H and O–H groups in total. The monoisotopic (exact) mass is 626 g/mol. The Hall–Kier alpha value is -4.30. The summed E-state index contributed by atoms with van der Waals surface area (Å²) in [4.78, 5) is 30.6. The van der Waals surface area contributed by atoms with E-state index in [-0.39, 0.29) is 45.3 Å². The van der Waals surface area contributed by atoms with Crippen LogP contribution >= 0.6 is 0 Å². The number of nitrogens with one attached hydrogen (secondary N) is 3. The van der Waals surface area contributed by atoms with Crippen molar-refractivity contribution >= 4 is 48.6 Å². The van der Waals surface area contributed by atoms with Crippen LogP contribution in [0.2, 0.25) is 0 Å². The summed E-state index contributed by atoms with van der Waals surface area (Å²) in [6, 6.07) is 13.2. The minimum absolute atomic E-state index is 0.0654. The molecule has 7 rings (SSSR count). The number of benzene rings is 2. The number of aromatic nitrogens is 1. The Morgan fingerprint density at radius 1 is 1.00 bits per heavy atom. The van der Waals surface area contributed by atoms with E-state index in [2.05, 4.69) is 20.3 Å². The van der Waals surface area contributed by atoms with Gasteiger partial charge in [0.05, 0.1) is 10.9 Å². The molecule has 3 aliphatic carbocycles. The first-order valence-corrected chi connectivity index (χ1v) is 17.0. The molecule has 0 unspecified atom stereocenters. The molecule has 0 saturated heterocycles. The normalized spacial score (nSPS) is 19.3. The number of rotatable bonds is 9. The zero-order valence-electron chi connectivity index (χ0n) is 23.1. The molecule has 3 aliphatic rings. The van der Waals surface area contributed by atoms with Crippen LogP contribution in [-0.4, -0.2) is 57.6 Å². The maximum atomic E-state index is 13.6. The van der Waals surface area contributed by atoms with Gasteiger partial charge in [0, 0.05) is 35.5 Å². The number of fused-ring (bicyclic) bond motifs is 1. The summed E-state index contributed by atoms with van der Waals surface area (Å²) in [5.74, 6) is -0.853. The van der Waals surface area contributed by atoms with Gasteiger partial charge in [-0.25, -0.2) is 21.2 Å². The molecule has 0 spiro atoms. The van der Waals surface area contributed by atoms with Gasteiger partial charge in [-0.05, 0) is 73.2 Å². The number of carbonyl (C=O) groups excluding carboxylic acids is 2. The summed E-state index contributed by atoms with van der Waals surface area (Å²) in [6.07, 6.45) is 3.63. The Balaban J connectivity index is 1.51. The first-order chi connectivity index (χ1) is 20.2. The summed E-state index contributed by atoms with van der Waals surface area (Å²) in [5.41, 5.74) is 1.02. The zero-order chi connectivity index (χ0) is 30.7. The smallest absolute Gasteiger partial charge is 0.255 e. The van der Waals surface area contributed by atoms with Crippen LogP contribution in [0.25, 0.3) is 33.6 Å². The summed E-state index contributed by atoms with van der Waals surface area (Å²) in [6.45, 7) is 0. The number of nitrogens with zero attached hydrogens (tertiary/aromatic N) is 1. The van der Waals surface area contributed by atoms with Crippen LogP contribution in [0.5, 0.6) is 0 Å². The van der Waals surface area contributed by atoms with Gasteiger partial charge in [-0.2, -0.15) is 4.98 Å². The van der Waals surface area contributed by atoms with E-state index >= 15 is 0 Å². The molecule has 0 aliphatic heterocycles. The van der Waals surface area contributed by atoms with Crippen molar-refractivity contribution in [2.24, 2.45) is 5.92 Å². The molecular weight excluding hydrogens is 599 g/mol. The molecule has 2 aromatic heterocycles. The molecule has 4 aromatic rings. The van der Waals surface area contributed by atoms with Gasteiger partial charge in [-0.3, -0.25) is 14.3 Å². The van der Waals surface area contributed by atoms with Crippen molar-refractivity contribution < 1.29 is 35.2 Å². The Morgan fingerprint density at radius 2 is 1.70 bits per heavy atom. The Bertz CT molecular complexity index is 2010. The molecule has 224 valence electrons. The summed E-state index contributed by atoms with van der Waals surface area (Å²) in [5, 5.41) is 4.65. The van der Waals surface area contributed by atoms with Crippen molar-refractivity contribution in [2.45, 2.75) is 24.8 Å². The van der Waals surface area contributed by atoms with Crippen LogP contribution in [-0.2, 0) is 19.9 Å². The van der Waals surface area contributed by atoms with Crippen molar-refractivity contribution in [2.75, 3.05) is 23.1 Å². The molecule has 2 amide bonds. The fraction of sp³-hybridized carbons (Fsp3) is 0.276. The predicted molar refractivity (Wildman–Crippen MR) is 158 cm³/mol. The lowest BCUT2D eigenvalue weighted by Crippen LogP contribution is -2.68. The van der Waals surface area contributed by atoms with Crippen LogP contribution in [0.15, 0.2) is 59.0 Å². The van der Waals surface area contributed by atoms with Gasteiger partial charge in [-0.15, -0.1) is 0 Å². The van der Waals surface area contributed by atoms with Crippen LogP contribution in [0.3, 0.4) is 0 Å². The number of furan rings is 1. The zero-order valence-corrected chi connectivity index (χ0v) is 24.7. The highest BCUT2D eigenvalue weighted by molar-refractivity contribution is 8.08. The average molecular weight is 627 g/mol. The minimum Gasteiger partial charge on any atom is -0.437 e. The Kier molecular flexibility index (Phi) is 6.80. The van der Waals surface area contributed by atoms with Crippen molar-refractivity contribution in [3.63, 3.8) is 0 Å². The standard InChI is InChI=1S/C29H27FN4O7S2/c1-31-27(36)23-22-11-21(18-4-3-5-19(10-18)26(35)33-29-12-16(13-29)14-29)25(34-43(39,40)15-42(2,37)38)32-28(22)41-24(23)17-6-8-20(30)9-7-17/h3-11,16H,12-15H2,1-2H3,(H,31,36)(H,32,34)(H,33,35). The first-order valence-electron chi connectivity index (χ1n) is 13.3. The van der Waals surface area contributed by atoms with Crippen molar-refractivity contribution in [1.29, 1.82) is 0 Å². The molecule has 2 aromatic carbocycles. The fourth-order valence-electron chi connectivity index (χ4n) is 5.71. The third-order valence-electron chi connectivity index (χ3n) is 7.72. The number of sulfonamides is 1. The largest absolute Gasteiger partial charge is 0.437 e. The van der Waals surface area contributed by atoms with E-state index in [9.17, 15) is 30.8 Å². The highest BCUT2D eigenvalue weighted by atomic mass is 32.3. The first kappa shape index (κ1) is 28.8. The second-order valence-electron chi connectivity index (χ2n) is 11.2. The second kappa shape index (κ2) is 10.2. The number of anilines is 1. The van der Waals surface area contributed by atoms with E-state index < -0.39 is 36.7 Å². The van der Waals surface area contributed by atoms with Gasteiger partial charge in [-0.1, -0.05) is 12.1 Å². The maximum Gasteiger partial charge on any atom is 0.255 e. The molecule has 43 heavy (non-hydrogen) atoms. The molecule has 3 fully saturated rings. The Morgan fingerprint density at radius 3 is 2.30 bits per heavy atom. The van der Waals surface area contributed by atoms with Crippen molar-refractivity contribution in [1.82, 2.24) is 15.6 Å². The topological polar surface area (TPSA) is 165 Å². The summed E-state index contributed by atoms with van der Waals surface area (Å²) >= 11 is 0. The van der Waals surface area contributed by atoms with E-state index in [1.54, 1.807) is 24.3 Å². The quantitative estimate of drug-likeness (QED) is 0.253. The van der Waals surface area contributed by atoms with E-state index in [0.717, 1.165) is 25.5 Å². The third kappa shape index (κ3) is 5.59. The summed E-state index contributed by atoms with van der Waals surface area (Å²) < 4.78 is 71.2. The number of sulfone groups is 1. The number of amides is 2. The predicted octanol–water partition coefficient (Wildman–Crippen LogP) is 3.69. The van der Waals surface area contributed by atoms with E-state index in [4.69, 9.17) is 4.42 Å². The third-order valence-corrected chi connectivity index (χ3v) is 11.2. The van der Waals surface area contributed by atoms with E-state index in [0.29, 0.717) is 22.6 Å². The van der Waals surface area contributed by atoms with Gasteiger partial charge in [0.1, 0.15) is 11.6 Å². The number of hydrogen-bond donors (Lipinski definition) is 3. The van der Waals surface area contributed by atoms with E-state index in [1.165, 1.54) is 37.4 Å². The highest BCUT2D eigenvalue weighted by Crippen LogP contribution is 2.57. The van der Waals surface area contributed by atoms with Crippen molar-refractivity contribution in [3.05, 3.63) is 71.5 Å². The average Bonchev–Trinajstić information content (AvgIpc) is 3.26. The molecule has 2 heterocycles. The van der Waals surface area contributed by atoms with Gasteiger partial charge >= 0.3 is 0 Å². The maximum absolute atomic E-state index is 13.6. The number of pyridine rings is 1. The molecule has 14 heteroatoms. The number of halogens is 1. The van der Waals surface area contributed by atoms with Crippen LogP contribution < -0.4 is 15.4 Å². The summed E-state index contributed by atoms with van der Waals surface area (Å²) in [7, 11) is -6.98. The lowest BCUT2D eigenvalue weighted by atomic mass is 9.50. The van der Waals surface area contributed by atoms with Gasteiger partial charge in [0.15, 0.2) is 20.7 Å². The highest BCUT2D eigenvalue weighted by Gasteiger charge is 2.57. The molecule has 0 atom stereocenters. The van der Waals surface area contributed by atoms with Crippen LogP contribution in [0.1, 0.15) is 40.0 Å². The molecule has 0 radical (unpaired) electrons. The lowest BCUT2D eigenvalue weighted by molar-refractivity contribution is -0.0438. The molecular formula is C29H27FN4O7S2. The SMILES string of the molecule is CNC(=O)c1c(-c2ccc(F)cc2)oc2nc(NS(=O)(=O)CS(C)(=O)=O)c(-c3cccc(C(=O)NC45CC(C4)C5)c3)cc12. The minimum atomic E-state index is -4.46. The molecule has 11 nitrogen and oxygen atoms in total. The van der Waals surface area contributed by atoms with Crippen LogP contribution in [0, 0.1) is 11.7 Å². The van der Waals surface area contributed by atoms with Crippen LogP contribution in [0.4, 0.5) is 10.2 Å². The van der Waals surface area contributed by atoms with E-state index in [1.807, 2.05) is 0 Å².